The van der Waals surface area contributed by atoms with Crippen LogP contribution in [-0.4, -0.2) is 18.5 Å². The van der Waals surface area contributed by atoms with Gasteiger partial charge in [-0.05, 0) is 31.7 Å². The molecule has 3 heteroatoms. The summed E-state index contributed by atoms with van der Waals surface area (Å²) >= 11 is 0. The molecule has 1 aliphatic rings. The Morgan fingerprint density at radius 2 is 2.06 bits per heavy atom. The van der Waals surface area contributed by atoms with E-state index in [1.807, 2.05) is 6.92 Å². The van der Waals surface area contributed by atoms with Gasteiger partial charge in [-0.2, -0.15) is 0 Å². The quantitative estimate of drug-likeness (QED) is 0.714. The zero-order valence-corrected chi connectivity index (χ0v) is 9.94. The summed E-state index contributed by atoms with van der Waals surface area (Å²) in [6.45, 7) is 2.92. The average Bonchev–Trinajstić information content (AvgIpc) is 2.25. The first kappa shape index (κ1) is 13.4. The number of halogens is 2. The van der Waals surface area contributed by atoms with E-state index < -0.39 is 5.92 Å². The number of hydrogen-bond donors (Lipinski definition) is 1. The molecule has 1 unspecified atom stereocenters. The summed E-state index contributed by atoms with van der Waals surface area (Å²) in [7, 11) is 0. The van der Waals surface area contributed by atoms with Gasteiger partial charge in [0.25, 0.3) is 0 Å². The topological polar surface area (TPSA) is 12.0 Å². The Labute approximate surface area is 97.0 Å². The van der Waals surface area contributed by atoms with Crippen molar-refractivity contribution >= 4 is 0 Å². The lowest BCUT2D eigenvalue weighted by Gasteiger charge is -2.34. The normalized spacial score (nSPS) is 22.6. The molecule has 0 aromatic heterocycles. The van der Waals surface area contributed by atoms with Crippen LogP contribution in [0.15, 0.2) is 0 Å². The van der Waals surface area contributed by atoms with Crippen molar-refractivity contribution in [3.05, 3.63) is 0 Å². The maximum absolute atomic E-state index is 13.0. The molecule has 1 nitrogen and oxygen atoms in total. The molecule has 1 rings (SSSR count). The van der Waals surface area contributed by atoms with E-state index in [0.29, 0.717) is 24.8 Å². The fraction of sp³-hybridized carbons (Fsp3) is 0.846. The van der Waals surface area contributed by atoms with Gasteiger partial charge in [-0.15, -0.1) is 12.3 Å². The minimum absolute atomic E-state index is 0.0373. The average molecular weight is 229 g/mol. The van der Waals surface area contributed by atoms with Crippen LogP contribution < -0.4 is 5.32 Å². The Bertz CT molecular complexity index is 235. The Morgan fingerprint density at radius 1 is 1.44 bits per heavy atom. The Balaban J connectivity index is 2.43. The van der Waals surface area contributed by atoms with Gasteiger partial charge in [0.1, 0.15) is 0 Å². The van der Waals surface area contributed by atoms with Crippen LogP contribution in [0.5, 0.6) is 0 Å². The highest BCUT2D eigenvalue weighted by atomic mass is 19.3. The van der Waals surface area contributed by atoms with Gasteiger partial charge >= 0.3 is 0 Å². The number of rotatable bonds is 5. The van der Waals surface area contributed by atoms with Crippen molar-refractivity contribution in [3.8, 4) is 12.3 Å². The maximum atomic E-state index is 13.0. The van der Waals surface area contributed by atoms with E-state index in [9.17, 15) is 8.78 Å². The van der Waals surface area contributed by atoms with Gasteiger partial charge in [0.05, 0.1) is 0 Å². The van der Waals surface area contributed by atoms with E-state index in [1.165, 1.54) is 0 Å². The van der Waals surface area contributed by atoms with Gasteiger partial charge in [0.15, 0.2) is 0 Å². The fourth-order valence-corrected chi connectivity index (χ4v) is 2.47. The van der Waals surface area contributed by atoms with Crippen molar-refractivity contribution < 1.29 is 8.78 Å². The molecular formula is C13H21F2N. The molecule has 1 aliphatic carbocycles. The molecule has 0 heterocycles. The highest BCUT2D eigenvalue weighted by Crippen LogP contribution is 2.38. The third kappa shape index (κ3) is 4.09. The van der Waals surface area contributed by atoms with Crippen LogP contribution in [0.25, 0.3) is 0 Å². The lowest BCUT2D eigenvalue weighted by atomic mass is 9.80. The third-order valence-electron chi connectivity index (χ3n) is 3.40. The molecule has 0 aromatic carbocycles. The Kier molecular flexibility index (Phi) is 5.21. The predicted octanol–water partition coefficient (Wildman–Crippen LogP) is 3.20. The monoisotopic (exact) mass is 229 g/mol. The largest absolute Gasteiger partial charge is 0.314 e. The van der Waals surface area contributed by atoms with Crippen molar-refractivity contribution in [1.82, 2.24) is 5.32 Å². The summed E-state index contributed by atoms with van der Waals surface area (Å²) in [6.07, 6.45) is 8.19. The lowest BCUT2D eigenvalue weighted by Crippen LogP contribution is -2.39. The van der Waals surface area contributed by atoms with Gasteiger partial charge < -0.3 is 5.32 Å². The zero-order chi connectivity index (χ0) is 12.0. The smallest absolute Gasteiger partial charge is 0.248 e. The van der Waals surface area contributed by atoms with Crippen LogP contribution in [0.4, 0.5) is 8.78 Å². The molecule has 0 amide bonds. The highest BCUT2D eigenvalue weighted by Gasteiger charge is 2.37. The van der Waals surface area contributed by atoms with Gasteiger partial charge in [-0.1, -0.05) is 6.92 Å². The molecule has 0 spiro atoms. The summed E-state index contributed by atoms with van der Waals surface area (Å²) in [5.41, 5.74) is 0. The first-order chi connectivity index (χ1) is 7.59. The molecule has 92 valence electrons. The summed E-state index contributed by atoms with van der Waals surface area (Å²) in [4.78, 5) is 0. The SMILES string of the molecule is C#CCCC(NCC)C1CCC(F)(F)CC1. The van der Waals surface area contributed by atoms with Crippen molar-refractivity contribution in [1.29, 1.82) is 0 Å². The first-order valence-corrected chi connectivity index (χ1v) is 6.13. The van der Waals surface area contributed by atoms with Gasteiger partial charge in [-0.25, -0.2) is 8.78 Å². The molecule has 1 N–H and O–H groups in total. The minimum atomic E-state index is -2.43. The number of alkyl halides is 2. The molecule has 1 saturated carbocycles. The minimum Gasteiger partial charge on any atom is -0.314 e. The van der Waals surface area contributed by atoms with Crippen LogP contribution in [-0.2, 0) is 0 Å². The molecule has 0 bridgehead atoms. The second-order valence-electron chi connectivity index (χ2n) is 4.60. The van der Waals surface area contributed by atoms with Crippen molar-refractivity contribution in [2.24, 2.45) is 5.92 Å². The number of hydrogen-bond acceptors (Lipinski definition) is 1. The van der Waals surface area contributed by atoms with Gasteiger partial charge in [0, 0.05) is 25.3 Å². The second-order valence-corrected chi connectivity index (χ2v) is 4.60. The van der Waals surface area contributed by atoms with E-state index in [4.69, 9.17) is 6.42 Å². The van der Waals surface area contributed by atoms with E-state index >= 15 is 0 Å². The molecular weight excluding hydrogens is 208 g/mol. The number of terminal acetylenes is 1. The van der Waals surface area contributed by atoms with E-state index in [2.05, 4.69) is 11.2 Å². The van der Waals surface area contributed by atoms with Crippen LogP contribution in [0.1, 0.15) is 45.4 Å². The maximum Gasteiger partial charge on any atom is 0.248 e. The van der Waals surface area contributed by atoms with E-state index in [0.717, 1.165) is 19.4 Å². The Morgan fingerprint density at radius 3 is 2.56 bits per heavy atom. The fourth-order valence-electron chi connectivity index (χ4n) is 2.47. The van der Waals surface area contributed by atoms with Crippen molar-refractivity contribution in [2.45, 2.75) is 57.4 Å². The van der Waals surface area contributed by atoms with Crippen molar-refractivity contribution in [3.63, 3.8) is 0 Å². The molecule has 0 saturated heterocycles. The van der Waals surface area contributed by atoms with Gasteiger partial charge in [0.2, 0.25) is 5.92 Å². The summed E-state index contributed by atoms with van der Waals surface area (Å²) < 4.78 is 26.1. The second kappa shape index (κ2) is 6.20. The molecule has 1 atom stereocenters. The summed E-state index contributed by atoms with van der Waals surface area (Å²) in [5, 5.41) is 3.37. The third-order valence-corrected chi connectivity index (χ3v) is 3.40. The first-order valence-electron chi connectivity index (χ1n) is 6.13. The standard InChI is InChI=1S/C13H21F2N/c1-3-5-6-12(16-4-2)11-7-9-13(14,15)10-8-11/h1,11-12,16H,4-10H2,2H3. The molecule has 1 fully saturated rings. The molecule has 0 aromatic rings. The molecule has 16 heavy (non-hydrogen) atoms. The van der Waals surface area contributed by atoms with Crippen LogP contribution >= 0.6 is 0 Å². The highest BCUT2D eigenvalue weighted by molar-refractivity contribution is 4.90. The molecule has 0 aliphatic heterocycles. The van der Waals surface area contributed by atoms with Crippen molar-refractivity contribution in [2.75, 3.05) is 6.54 Å². The van der Waals surface area contributed by atoms with Crippen LogP contribution in [0, 0.1) is 18.3 Å². The molecule has 0 radical (unpaired) electrons. The zero-order valence-electron chi connectivity index (χ0n) is 9.94. The number of nitrogens with one attached hydrogen (secondary N) is 1. The lowest BCUT2D eigenvalue weighted by molar-refractivity contribution is -0.0497. The van der Waals surface area contributed by atoms with Gasteiger partial charge in [-0.3, -0.25) is 0 Å². The van der Waals surface area contributed by atoms with E-state index in [-0.39, 0.29) is 12.8 Å². The predicted molar refractivity (Wildman–Crippen MR) is 62.4 cm³/mol. The summed E-state index contributed by atoms with van der Waals surface area (Å²) in [6, 6.07) is 0.317. The van der Waals surface area contributed by atoms with Crippen LogP contribution in [0.3, 0.4) is 0 Å². The van der Waals surface area contributed by atoms with Crippen LogP contribution in [0.2, 0.25) is 0 Å². The Hall–Kier alpha value is -0.620. The van der Waals surface area contributed by atoms with E-state index in [1.54, 1.807) is 0 Å². The summed E-state index contributed by atoms with van der Waals surface area (Å²) in [5.74, 6) is 0.561.